The fourth-order valence-electron chi connectivity index (χ4n) is 21.1. The molecule has 0 bridgehead atoms. The Bertz CT molecular complexity index is 7670. The number of hydrogen-bond donors (Lipinski definition) is 0. The topological polar surface area (TPSA) is 51.6 Å². The van der Waals surface area contributed by atoms with Crippen molar-refractivity contribution >= 4 is 0 Å². The summed E-state index contributed by atoms with van der Waals surface area (Å²) in [4.78, 5) is 22.3. The van der Waals surface area contributed by atoms with E-state index in [0.29, 0.717) is 11.6 Å². The van der Waals surface area contributed by atoms with Crippen molar-refractivity contribution in [2.75, 3.05) is 0 Å². The predicted octanol–water partition coefficient (Wildman–Crippen LogP) is 32.6. The van der Waals surface area contributed by atoms with Gasteiger partial charge in [-0.3, -0.25) is 0 Å². The predicted molar refractivity (Wildman–Crippen MR) is 541 cm³/mol. The van der Waals surface area contributed by atoms with Gasteiger partial charge in [0.15, 0.2) is 11.6 Å². The fraction of sp³-hybridized carbons (Fsp3) is 0.0317. The zero-order valence-electron chi connectivity index (χ0n) is 70.0. The molecule has 4 nitrogen and oxygen atoms in total. The first-order valence-electron chi connectivity index (χ1n) is 44.0. The maximum Gasteiger partial charge on any atom is 0.161 e. The molecule has 0 saturated carbocycles. The lowest BCUT2D eigenvalue weighted by atomic mass is 9.66. The van der Waals surface area contributed by atoms with Gasteiger partial charge in [0.2, 0.25) is 0 Å². The minimum Gasteiger partial charge on any atom is -0.228 e. The summed E-state index contributed by atoms with van der Waals surface area (Å²) in [5, 5.41) is 0. The van der Waals surface area contributed by atoms with Crippen molar-refractivity contribution < 1.29 is 0 Å². The van der Waals surface area contributed by atoms with Gasteiger partial charge in [-0.15, -0.1) is 0 Å². The molecule has 4 aliphatic carbocycles. The highest BCUT2D eigenvalue weighted by Crippen LogP contribution is 2.65. The molecule has 0 radical (unpaired) electrons. The van der Waals surface area contributed by atoms with E-state index in [9.17, 15) is 0 Å². The Kier molecular flexibility index (Phi) is 20.1. The van der Waals surface area contributed by atoms with Gasteiger partial charge >= 0.3 is 0 Å². The zero-order chi connectivity index (χ0) is 84.6. The lowest BCUT2D eigenvalue weighted by molar-refractivity contribution is 0.775. The third kappa shape index (κ3) is 13.1. The molecule has 0 amide bonds. The van der Waals surface area contributed by atoms with Gasteiger partial charge in [-0.1, -0.05) is 446 Å². The van der Waals surface area contributed by atoms with E-state index in [1.54, 1.807) is 0 Å². The molecule has 0 saturated heterocycles. The smallest absolute Gasteiger partial charge is 0.161 e. The van der Waals surface area contributed by atoms with Crippen molar-refractivity contribution in [2.45, 2.75) is 25.7 Å². The molecule has 0 aliphatic heterocycles. The molecule has 130 heavy (non-hydrogen) atoms. The lowest BCUT2D eigenvalue weighted by Gasteiger charge is -2.35. The minimum atomic E-state index is -0.618. The molecule has 19 aromatic carbocycles. The van der Waals surface area contributed by atoms with Gasteiger partial charge in [-0.25, -0.2) is 19.9 Å². The van der Waals surface area contributed by atoms with Crippen LogP contribution in [0, 0.1) is 0 Å². The maximum atomic E-state index is 5.66. The summed E-state index contributed by atoms with van der Waals surface area (Å²) < 4.78 is 0. The van der Waals surface area contributed by atoms with Gasteiger partial charge in [-0.05, 0) is 222 Å². The first-order chi connectivity index (χ1) is 63.5. The normalized spacial score (nSPS) is 12.5. The molecule has 0 unspecified atom stereocenters. The van der Waals surface area contributed by atoms with Crippen molar-refractivity contribution in [3.05, 3.63) is 530 Å². The van der Waals surface area contributed by atoms with Crippen LogP contribution in [0.2, 0.25) is 0 Å². The Balaban J connectivity index is 0.000000151. The van der Waals surface area contributed by atoms with Gasteiger partial charge in [0.05, 0.1) is 33.6 Å². The maximum absolute atomic E-state index is 5.66. The third-order valence-electron chi connectivity index (χ3n) is 26.6. The van der Waals surface area contributed by atoms with Crippen LogP contribution >= 0.6 is 0 Å². The number of rotatable bonds is 11. The van der Waals surface area contributed by atoms with E-state index >= 15 is 0 Å². The van der Waals surface area contributed by atoms with Crippen molar-refractivity contribution in [3.63, 3.8) is 0 Å². The SMILES string of the molecule is C.C.c1ccc(-c2cc(-c3ccccc3)cc(-c3cc(-c4ccccc4)nc(-c4cccc5c4-c4ccccc4C54c5ccccc5-c5ccccc5-c5ccccc54)n3)c2)cc1.c1ccc(-c2cccc(-c3cc(-c4cc(-c5ccccc5)cc(-c5ccccc5)c4)nc(-c4cccc5c4-c4ccccc4C54c5ccccc5-c5ccccc5-c5ccccc54)n3)c2)cc1. The van der Waals surface area contributed by atoms with Crippen LogP contribution in [0.15, 0.2) is 485 Å². The summed E-state index contributed by atoms with van der Waals surface area (Å²) >= 11 is 0. The van der Waals surface area contributed by atoms with E-state index in [0.717, 1.165) is 117 Å². The Labute approximate surface area is 760 Å². The van der Waals surface area contributed by atoms with Crippen LogP contribution in [0.4, 0.5) is 0 Å². The van der Waals surface area contributed by atoms with Gasteiger partial charge in [0.1, 0.15) is 0 Å². The first-order valence-corrected chi connectivity index (χ1v) is 44.0. The molecule has 21 aromatic rings. The summed E-state index contributed by atoms with van der Waals surface area (Å²) in [6.45, 7) is 0. The zero-order valence-corrected chi connectivity index (χ0v) is 70.0. The highest BCUT2D eigenvalue weighted by molar-refractivity contribution is 6.03. The Morgan fingerprint density at radius 1 is 0.123 bits per heavy atom. The Hall–Kier alpha value is -16.7. The van der Waals surface area contributed by atoms with Gasteiger partial charge in [0, 0.05) is 33.4 Å². The van der Waals surface area contributed by atoms with Crippen LogP contribution in [0.25, 0.3) is 190 Å². The largest absolute Gasteiger partial charge is 0.228 e. The highest BCUT2D eigenvalue weighted by atomic mass is 14.9. The van der Waals surface area contributed by atoms with Crippen LogP contribution in [0.3, 0.4) is 0 Å². The summed E-state index contributed by atoms with van der Waals surface area (Å²) in [7, 11) is 0. The summed E-state index contributed by atoms with van der Waals surface area (Å²) in [5.41, 5.74) is 44.7. The van der Waals surface area contributed by atoms with Gasteiger partial charge in [-0.2, -0.15) is 0 Å². The quantitative estimate of drug-likeness (QED) is 0.129. The van der Waals surface area contributed by atoms with Crippen molar-refractivity contribution in [2.24, 2.45) is 0 Å². The van der Waals surface area contributed by atoms with E-state index in [2.05, 4.69) is 485 Å². The monoisotopic (exact) mass is 1660 g/mol. The molecular weight excluding hydrogens is 1570 g/mol. The standard InChI is InChI=1S/C65H42N2.C59H38N2.2CH4/c1-4-20-43(21-5-1)46-26-18-27-47(38-46)61-42-62(50-40-48(44-22-6-2-7-23-44)39-49(41-50)45-24-8-3-9-25-45)67-64(66-61)56-33-19-37-60-63(56)55-32-14-17-36-59(55)65(60)57-34-15-12-30-53(57)51-28-10-11-29-52(51)54-31-13-16-35-58(54)65;1-4-19-39(20-5-1)42-35-43(40-21-6-2-7-22-40)37-44(36-42)56-38-55(41-23-8-3-9-24-41)60-58(61-56)50-30-18-34-54-57(50)49-29-14-17-33-53(49)59(54)51-31-15-12-27-47(51)45-25-10-11-26-46(45)48-28-13-16-32-52(48)59;;/h1-42H;1-38H;2*1H4. The van der Waals surface area contributed by atoms with Crippen LogP contribution in [0.1, 0.15) is 59.4 Å². The first kappa shape index (κ1) is 79.3. The second kappa shape index (κ2) is 33.0. The molecule has 4 heteroatoms. The molecule has 0 atom stereocenters. The number of hydrogen-bond acceptors (Lipinski definition) is 4. The molecule has 2 heterocycles. The molecule has 2 aromatic heterocycles. The van der Waals surface area contributed by atoms with Crippen LogP contribution < -0.4 is 0 Å². The van der Waals surface area contributed by atoms with Crippen LogP contribution in [-0.2, 0) is 10.8 Å². The number of benzene rings is 19. The number of nitrogens with zero attached hydrogens (tertiary/aromatic N) is 4. The average Bonchev–Trinajstić information content (AvgIpc) is 1.52. The number of aromatic nitrogens is 4. The van der Waals surface area contributed by atoms with Gasteiger partial charge in [0.25, 0.3) is 0 Å². The van der Waals surface area contributed by atoms with Crippen molar-refractivity contribution in [1.29, 1.82) is 0 Å². The second-order valence-corrected chi connectivity index (χ2v) is 33.6. The van der Waals surface area contributed by atoms with Crippen LogP contribution in [-0.4, -0.2) is 19.9 Å². The van der Waals surface area contributed by atoms with E-state index < -0.39 is 10.8 Å². The highest BCUT2D eigenvalue weighted by Gasteiger charge is 2.52. The van der Waals surface area contributed by atoms with E-state index in [4.69, 9.17) is 19.9 Å². The molecule has 4 aliphatic rings. The molecule has 0 fully saturated rings. The third-order valence-corrected chi connectivity index (χ3v) is 26.6. The van der Waals surface area contributed by atoms with E-state index in [1.165, 1.54) is 106 Å². The summed E-state index contributed by atoms with van der Waals surface area (Å²) in [6, 6.07) is 176. The Morgan fingerprint density at radius 2 is 0.315 bits per heavy atom. The molecule has 612 valence electrons. The van der Waals surface area contributed by atoms with Gasteiger partial charge < -0.3 is 0 Å². The van der Waals surface area contributed by atoms with Crippen molar-refractivity contribution in [1.82, 2.24) is 19.9 Å². The van der Waals surface area contributed by atoms with Crippen molar-refractivity contribution in [3.8, 4) is 190 Å². The molecule has 2 spiro atoms. The second-order valence-electron chi connectivity index (χ2n) is 33.6. The molecule has 0 N–H and O–H groups in total. The number of fused-ring (bicyclic) bond motifs is 24. The van der Waals surface area contributed by atoms with Crippen LogP contribution in [0.5, 0.6) is 0 Å². The summed E-state index contributed by atoms with van der Waals surface area (Å²) in [5.74, 6) is 1.39. The van der Waals surface area contributed by atoms with E-state index in [-0.39, 0.29) is 14.9 Å². The summed E-state index contributed by atoms with van der Waals surface area (Å²) in [6.07, 6.45) is 0. The minimum absolute atomic E-state index is 0. The molecule has 25 rings (SSSR count). The Morgan fingerprint density at radius 3 is 0.631 bits per heavy atom. The molecular formula is C126H88N4. The average molecular weight is 1660 g/mol. The van der Waals surface area contributed by atoms with E-state index in [1.807, 2.05) is 0 Å². The fourth-order valence-corrected chi connectivity index (χ4v) is 21.1. The lowest BCUT2D eigenvalue weighted by Crippen LogP contribution is -2.29.